The van der Waals surface area contributed by atoms with Crippen LogP contribution in [0.2, 0.25) is 0 Å². The Kier molecular flexibility index (Phi) is 6.84. The number of nitrogens with one attached hydrogen (secondary N) is 1. The summed E-state index contributed by atoms with van der Waals surface area (Å²) in [5, 5.41) is 2.63. The maximum Gasteiger partial charge on any atom is 0.270 e. The summed E-state index contributed by atoms with van der Waals surface area (Å²) in [5.41, 5.74) is 3.97. The molecule has 2 heterocycles. The smallest absolute Gasteiger partial charge is 0.270 e. The maximum atomic E-state index is 13.4. The summed E-state index contributed by atoms with van der Waals surface area (Å²) in [6.45, 7) is 8.00. The Hall–Kier alpha value is -4.17. The lowest BCUT2D eigenvalue weighted by molar-refractivity contribution is -0.122. The van der Waals surface area contributed by atoms with Gasteiger partial charge in [0, 0.05) is 17.1 Å². The SMILES string of the molecule is C=CCOc1ccc(-n2c(C)cc(/C=C3\C(=O)NC(=S)N(c4ccccc4OC)C3=O)c2C)cc1. The van der Waals surface area contributed by atoms with Crippen LogP contribution in [-0.2, 0) is 9.59 Å². The van der Waals surface area contributed by atoms with Crippen molar-refractivity contribution in [3.05, 3.63) is 89.8 Å². The second-order valence-corrected chi connectivity index (χ2v) is 8.27. The van der Waals surface area contributed by atoms with Gasteiger partial charge in [0.15, 0.2) is 5.11 Å². The van der Waals surface area contributed by atoms with E-state index in [9.17, 15) is 9.59 Å². The molecule has 1 aromatic heterocycles. The van der Waals surface area contributed by atoms with E-state index in [1.807, 2.05) is 44.2 Å². The van der Waals surface area contributed by atoms with Gasteiger partial charge in [0.1, 0.15) is 23.7 Å². The average Bonchev–Trinajstić information content (AvgIpc) is 3.13. The van der Waals surface area contributed by atoms with Crippen molar-refractivity contribution in [2.75, 3.05) is 18.6 Å². The number of benzene rings is 2. The number of methoxy groups -OCH3 is 1. The molecule has 0 saturated carbocycles. The number of amides is 2. The van der Waals surface area contributed by atoms with Gasteiger partial charge in [0.25, 0.3) is 11.8 Å². The first-order valence-electron chi connectivity index (χ1n) is 10.9. The first-order chi connectivity index (χ1) is 16.8. The van der Waals surface area contributed by atoms with Gasteiger partial charge >= 0.3 is 0 Å². The molecule has 0 radical (unpaired) electrons. The van der Waals surface area contributed by atoms with E-state index in [-0.39, 0.29) is 10.7 Å². The number of aromatic nitrogens is 1. The number of hydrogen-bond donors (Lipinski definition) is 1. The minimum atomic E-state index is -0.542. The lowest BCUT2D eigenvalue weighted by Crippen LogP contribution is -2.54. The Morgan fingerprint density at radius 2 is 1.80 bits per heavy atom. The molecule has 0 bridgehead atoms. The molecule has 7 nitrogen and oxygen atoms in total. The highest BCUT2D eigenvalue weighted by molar-refractivity contribution is 7.80. The fourth-order valence-electron chi connectivity index (χ4n) is 4.02. The van der Waals surface area contributed by atoms with Gasteiger partial charge in [-0.3, -0.25) is 14.9 Å². The fourth-order valence-corrected chi connectivity index (χ4v) is 4.30. The topological polar surface area (TPSA) is 72.8 Å². The van der Waals surface area contributed by atoms with E-state index in [4.69, 9.17) is 21.7 Å². The molecule has 8 heteroatoms. The van der Waals surface area contributed by atoms with Crippen LogP contribution < -0.4 is 19.7 Å². The Balaban J connectivity index is 1.71. The van der Waals surface area contributed by atoms with E-state index in [2.05, 4.69) is 16.5 Å². The zero-order valence-corrected chi connectivity index (χ0v) is 20.5. The van der Waals surface area contributed by atoms with Crippen LogP contribution >= 0.6 is 12.2 Å². The molecule has 1 aliphatic rings. The lowest BCUT2D eigenvalue weighted by atomic mass is 10.1. The first-order valence-corrected chi connectivity index (χ1v) is 11.3. The molecule has 35 heavy (non-hydrogen) atoms. The zero-order valence-electron chi connectivity index (χ0n) is 19.7. The highest BCUT2D eigenvalue weighted by Gasteiger charge is 2.36. The highest BCUT2D eigenvalue weighted by atomic mass is 32.1. The number of thiocarbonyl (C=S) groups is 1. The van der Waals surface area contributed by atoms with Gasteiger partial charge in [-0.25, -0.2) is 4.90 Å². The molecule has 0 atom stereocenters. The van der Waals surface area contributed by atoms with Crippen LogP contribution in [0.25, 0.3) is 11.8 Å². The van der Waals surface area contributed by atoms with Crippen LogP contribution in [0, 0.1) is 13.8 Å². The molecule has 1 fully saturated rings. The molecular formula is C27H25N3O4S. The summed E-state index contributed by atoms with van der Waals surface area (Å²) in [6.07, 6.45) is 3.29. The lowest BCUT2D eigenvalue weighted by Gasteiger charge is -2.29. The zero-order chi connectivity index (χ0) is 25.1. The third-order valence-corrected chi connectivity index (χ3v) is 5.95. The van der Waals surface area contributed by atoms with Crippen molar-refractivity contribution in [2.24, 2.45) is 0 Å². The van der Waals surface area contributed by atoms with Gasteiger partial charge in [-0.2, -0.15) is 0 Å². The quantitative estimate of drug-likeness (QED) is 0.230. The average molecular weight is 488 g/mol. The first kappa shape index (κ1) is 24.0. The summed E-state index contributed by atoms with van der Waals surface area (Å²) in [6, 6.07) is 16.6. The molecule has 0 spiro atoms. The van der Waals surface area contributed by atoms with Crippen molar-refractivity contribution in [2.45, 2.75) is 13.8 Å². The highest BCUT2D eigenvalue weighted by Crippen LogP contribution is 2.31. The standard InChI is InChI=1S/C27H25N3O4S/c1-5-14-34-21-12-10-20(11-13-21)29-17(2)15-19(18(29)3)16-22-25(31)28-27(35)30(26(22)32)23-8-6-7-9-24(23)33-4/h5-13,15-16H,1,14H2,2-4H3,(H,28,31,35)/b22-16+. The van der Waals surface area contributed by atoms with Gasteiger partial charge in [-0.15, -0.1) is 0 Å². The molecule has 1 aliphatic heterocycles. The molecule has 0 aliphatic carbocycles. The summed E-state index contributed by atoms with van der Waals surface area (Å²) >= 11 is 5.31. The van der Waals surface area contributed by atoms with Gasteiger partial charge in [0.05, 0.1) is 12.8 Å². The van der Waals surface area contributed by atoms with Gasteiger partial charge in [0.2, 0.25) is 0 Å². The maximum absolute atomic E-state index is 13.4. The monoisotopic (exact) mass is 487 g/mol. The number of carbonyl (C=O) groups excluding carboxylic acids is 2. The molecule has 178 valence electrons. The summed E-state index contributed by atoms with van der Waals surface area (Å²) in [4.78, 5) is 27.5. The summed E-state index contributed by atoms with van der Waals surface area (Å²) in [5.74, 6) is 0.157. The summed E-state index contributed by atoms with van der Waals surface area (Å²) in [7, 11) is 1.51. The Morgan fingerprint density at radius 1 is 1.09 bits per heavy atom. The van der Waals surface area contributed by atoms with Crippen LogP contribution in [0.1, 0.15) is 17.0 Å². The van der Waals surface area contributed by atoms with Gasteiger partial charge < -0.3 is 14.0 Å². The van der Waals surface area contributed by atoms with Crippen molar-refractivity contribution < 1.29 is 19.1 Å². The minimum Gasteiger partial charge on any atom is -0.495 e. The van der Waals surface area contributed by atoms with Crippen molar-refractivity contribution in [1.82, 2.24) is 9.88 Å². The van der Waals surface area contributed by atoms with Crippen molar-refractivity contribution in [3.8, 4) is 17.2 Å². The molecule has 2 amide bonds. The van der Waals surface area contributed by atoms with Crippen molar-refractivity contribution >= 4 is 40.9 Å². The molecular weight excluding hydrogens is 462 g/mol. The molecule has 1 saturated heterocycles. The minimum absolute atomic E-state index is 0.00545. The number of ether oxygens (including phenoxy) is 2. The normalized spacial score (nSPS) is 14.8. The van der Waals surface area contributed by atoms with E-state index < -0.39 is 11.8 Å². The van der Waals surface area contributed by atoms with E-state index in [1.54, 1.807) is 36.4 Å². The van der Waals surface area contributed by atoms with E-state index in [1.165, 1.54) is 12.0 Å². The number of carbonyl (C=O) groups is 2. The second kappa shape index (κ2) is 9.99. The number of rotatable bonds is 7. The van der Waals surface area contributed by atoms with E-state index in [0.29, 0.717) is 18.0 Å². The summed E-state index contributed by atoms with van der Waals surface area (Å²) < 4.78 is 13.0. The number of nitrogens with zero attached hydrogens (tertiary/aromatic N) is 2. The van der Waals surface area contributed by atoms with Crippen LogP contribution in [0.15, 0.2) is 72.8 Å². The molecule has 0 unspecified atom stereocenters. The predicted molar refractivity (Wildman–Crippen MR) is 140 cm³/mol. The Morgan fingerprint density at radius 3 is 2.49 bits per heavy atom. The van der Waals surface area contributed by atoms with Crippen LogP contribution in [0.3, 0.4) is 0 Å². The molecule has 4 rings (SSSR count). The largest absolute Gasteiger partial charge is 0.495 e. The Labute approximate surface area is 209 Å². The van der Waals surface area contributed by atoms with Gasteiger partial charge in [-0.1, -0.05) is 24.8 Å². The second-order valence-electron chi connectivity index (χ2n) is 7.89. The van der Waals surface area contributed by atoms with Crippen LogP contribution in [-0.4, -0.2) is 35.2 Å². The third-order valence-electron chi connectivity index (χ3n) is 5.66. The molecule has 3 aromatic rings. The van der Waals surface area contributed by atoms with Gasteiger partial charge in [-0.05, 0) is 80.2 Å². The van der Waals surface area contributed by atoms with Crippen molar-refractivity contribution in [3.63, 3.8) is 0 Å². The molecule has 1 N–H and O–H groups in total. The molecule has 2 aromatic carbocycles. The number of aryl methyl sites for hydroxylation is 1. The number of anilines is 1. The van der Waals surface area contributed by atoms with Crippen LogP contribution in [0.4, 0.5) is 5.69 Å². The van der Waals surface area contributed by atoms with Crippen LogP contribution in [0.5, 0.6) is 11.5 Å². The van der Waals surface area contributed by atoms with Crippen molar-refractivity contribution in [1.29, 1.82) is 0 Å². The third kappa shape index (κ3) is 4.61. The predicted octanol–water partition coefficient (Wildman–Crippen LogP) is 4.50. The number of para-hydroxylation sites is 2. The number of hydrogen-bond acceptors (Lipinski definition) is 5. The Bertz CT molecular complexity index is 1360. The van der Waals surface area contributed by atoms with E-state index in [0.717, 1.165) is 28.4 Å². The fraction of sp³-hybridized carbons (Fsp3) is 0.148. The van der Waals surface area contributed by atoms with E-state index >= 15 is 0 Å².